The van der Waals surface area contributed by atoms with Gasteiger partial charge < -0.3 is 19.9 Å². The average Bonchev–Trinajstić information content (AvgIpc) is 3.18. The monoisotopic (exact) mass is 355 g/mol. The predicted molar refractivity (Wildman–Crippen MR) is 100 cm³/mol. The molecule has 1 unspecified atom stereocenters. The molecular formula is C19H25N5O2. The molecule has 1 atom stereocenters. The van der Waals surface area contributed by atoms with Crippen LogP contribution in [0.5, 0.6) is 0 Å². The van der Waals surface area contributed by atoms with E-state index in [1.807, 2.05) is 18.3 Å². The van der Waals surface area contributed by atoms with Gasteiger partial charge in [0.15, 0.2) is 0 Å². The Morgan fingerprint density at radius 3 is 2.92 bits per heavy atom. The van der Waals surface area contributed by atoms with E-state index in [0.29, 0.717) is 17.9 Å². The third kappa shape index (κ3) is 4.11. The fraction of sp³-hybridized carbons (Fsp3) is 0.526. The summed E-state index contributed by atoms with van der Waals surface area (Å²) in [5.74, 6) is 1.14. The van der Waals surface area contributed by atoms with Crippen molar-refractivity contribution in [2.75, 3.05) is 31.6 Å². The first-order valence-electron chi connectivity index (χ1n) is 9.37. The molecular weight excluding hydrogens is 330 g/mol. The lowest BCUT2D eigenvalue weighted by Crippen LogP contribution is -2.28. The predicted octanol–water partition coefficient (Wildman–Crippen LogP) is 1.51. The molecule has 0 amide bonds. The number of pyridine rings is 1. The zero-order chi connectivity index (χ0) is 17.8. The third-order valence-electron chi connectivity index (χ3n) is 5.12. The van der Waals surface area contributed by atoms with Crippen LogP contribution in [0.3, 0.4) is 0 Å². The van der Waals surface area contributed by atoms with Gasteiger partial charge in [-0.1, -0.05) is 0 Å². The van der Waals surface area contributed by atoms with Crippen LogP contribution in [0.25, 0.3) is 11.3 Å². The van der Waals surface area contributed by atoms with E-state index in [-0.39, 0.29) is 5.56 Å². The van der Waals surface area contributed by atoms with E-state index >= 15 is 0 Å². The quantitative estimate of drug-likeness (QED) is 0.846. The van der Waals surface area contributed by atoms with Gasteiger partial charge in [-0.05, 0) is 50.4 Å². The maximum absolute atomic E-state index is 12.5. The van der Waals surface area contributed by atoms with Gasteiger partial charge in [-0.25, -0.2) is 9.97 Å². The van der Waals surface area contributed by atoms with E-state index in [0.717, 1.165) is 63.4 Å². The first-order valence-corrected chi connectivity index (χ1v) is 9.37. The lowest BCUT2D eigenvalue weighted by atomic mass is 10.1. The summed E-state index contributed by atoms with van der Waals surface area (Å²) in [4.78, 5) is 21.4. The summed E-state index contributed by atoms with van der Waals surface area (Å²) in [6.45, 7) is 4.34. The molecule has 4 rings (SSSR count). The van der Waals surface area contributed by atoms with Crippen molar-refractivity contribution >= 4 is 5.95 Å². The minimum Gasteiger partial charge on any atom is -0.381 e. The van der Waals surface area contributed by atoms with Crippen molar-refractivity contribution in [3.63, 3.8) is 0 Å². The molecule has 4 heterocycles. The Labute approximate surface area is 152 Å². The SMILES string of the molecule is O=c1cc(-c2ccnc(NC3CCOCC3)n2)ccn1CC1CCNC1. The number of hydrogen-bond acceptors (Lipinski definition) is 6. The first-order chi connectivity index (χ1) is 12.8. The zero-order valence-corrected chi connectivity index (χ0v) is 14.9. The molecule has 0 aliphatic carbocycles. The van der Waals surface area contributed by atoms with E-state index in [4.69, 9.17) is 4.74 Å². The Bertz CT molecular complexity index is 795. The lowest BCUT2D eigenvalue weighted by molar-refractivity contribution is 0.0903. The van der Waals surface area contributed by atoms with Crippen LogP contribution in [-0.4, -0.2) is 46.9 Å². The number of ether oxygens (including phenoxy) is 1. The molecule has 138 valence electrons. The van der Waals surface area contributed by atoms with Gasteiger partial charge in [0.25, 0.3) is 5.56 Å². The van der Waals surface area contributed by atoms with Crippen molar-refractivity contribution in [1.82, 2.24) is 19.9 Å². The summed E-state index contributed by atoms with van der Waals surface area (Å²) >= 11 is 0. The summed E-state index contributed by atoms with van der Waals surface area (Å²) in [5, 5.41) is 6.71. The Balaban J connectivity index is 1.48. The smallest absolute Gasteiger partial charge is 0.251 e. The Hall–Kier alpha value is -2.25. The fourth-order valence-corrected chi connectivity index (χ4v) is 3.58. The van der Waals surface area contributed by atoms with Crippen molar-refractivity contribution in [1.29, 1.82) is 0 Å². The van der Waals surface area contributed by atoms with Gasteiger partial charge in [0.05, 0.1) is 5.69 Å². The summed E-state index contributed by atoms with van der Waals surface area (Å²) in [6, 6.07) is 5.81. The average molecular weight is 355 g/mol. The first kappa shape index (κ1) is 17.2. The van der Waals surface area contributed by atoms with E-state index in [2.05, 4.69) is 20.6 Å². The highest BCUT2D eigenvalue weighted by Crippen LogP contribution is 2.18. The summed E-state index contributed by atoms with van der Waals surface area (Å²) in [6.07, 6.45) is 6.66. The van der Waals surface area contributed by atoms with Gasteiger partial charge >= 0.3 is 0 Å². The number of aromatic nitrogens is 3. The van der Waals surface area contributed by atoms with E-state index in [1.54, 1.807) is 16.8 Å². The second-order valence-corrected chi connectivity index (χ2v) is 7.06. The highest BCUT2D eigenvalue weighted by atomic mass is 16.5. The normalized spacial score (nSPS) is 21.0. The van der Waals surface area contributed by atoms with Crippen LogP contribution < -0.4 is 16.2 Å². The molecule has 2 aromatic rings. The third-order valence-corrected chi connectivity index (χ3v) is 5.12. The molecule has 0 aromatic carbocycles. The molecule has 0 bridgehead atoms. The van der Waals surface area contributed by atoms with Crippen LogP contribution in [0.1, 0.15) is 19.3 Å². The van der Waals surface area contributed by atoms with E-state index < -0.39 is 0 Å². The molecule has 2 aromatic heterocycles. The minimum atomic E-state index is 0.0203. The molecule has 2 aliphatic rings. The molecule has 7 heteroatoms. The van der Waals surface area contributed by atoms with Crippen molar-refractivity contribution < 1.29 is 4.74 Å². The molecule has 2 aliphatic heterocycles. The summed E-state index contributed by atoms with van der Waals surface area (Å²) < 4.78 is 7.18. The number of nitrogens with zero attached hydrogens (tertiary/aromatic N) is 3. The van der Waals surface area contributed by atoms with Crippen LogP contribution >= 0.6 is 0 Å². The van der Waals surface area contributed by atoms with Crippen molar-refractivity contribution in [3.05, 3.63) is 40.9 Å². The standard InChI is InChI=1S/C19H25N5O2/c25-18-11-15(3-8-24(18)13-14-1-6-20-12-14)17-2-7-21-19(23-17)22-16-4-9-26-10-5-16/h2-3,7-8,11,14,16,20H,1,4-6,9-10,12-13H2,(H,21,22,23). The highest BCUT2D eigenvalue weighted by Gasteiger charge is 2.16. The lowest BCUT2D eigenvalue weighted by Gasteiger charge is -2.23. The van der Waals surface area contributed by atoms with Crippen molar-refractivity contribution in [3.8, 4) is 11.3 Å². The molecule has 0 radical (unpaired) electrons. The molecule has 26 heavy (non-hydrogen) atoms. The number of nitrogens with one attached hydrogen (secondary N) is 2. The van der Waals surface area contributed by atoms with Crippen molar-refractivity contribution in [2.45, 2.75) is 31.8 Å². The van der Waals surface area contributed by atoms with Crippen LogP contribution in [0.2, 0.25) is 0 Å². The topological polar surface area (TPSA) is 81.1 Å². The van der Waals surface area contributed by atoms with Crippen LogP contribution in [0.15, 0.2) is 35.4 Å². The van der Waals surface area contributed by atoms with Crippen LogP contribution in [-0.2, 0) is 11.3 Å². The number of anilines is 1. The van der Waals surface area contributed by atoms with Crippen LogP contribution in [0.4, 0.5) is 5.95 Å². The molecule has 2 saturated heterocycles. The van der Waals surface area contributed by atoms with E-state index in [1.165, 1.54) is 0 Å². The zero-order valence-electron chi connectivity index (χ0n) is 14.9. The van der Waals surface area contributed by atoms with Gasteiger partial charge in [0.2, 0.25) is 5.95 Å². The molecule has 0 saturated carbocycles. The minimum absolute atomic E-state index is 0.0203. The number of rotatable bonds is 5. The van der Waals surface area contributed by atoms with Gasteiger partial charge in [-0.3, -0.25) is 4.79 Å². The second-order valence-electron chi connectivity index (χ2n) is 7.06. The Kier molecular flexibility index (Phi) is 5.26. The summed E-state index contributed by atoms with van der Waals surface area (Å²) in [5.41, 5.74) is 1.61. The highest BCUT2D eigenvalue weighted by molar-refractivity contribution is 5.59. The maximum atomic E-state index is 12.5. The van der Waals surface area contributed by atoms with Gasteiger partial charge in [-0.15, -0.1) is 0 Å². The van der Waals surface area contributed by atoms with Gasteiger partial charge in [0.1, 0.15) is 0 Å². The fourth-order valence-electron chi connectivity index (χ4n) is 3.58. The largest absolute Gasteiger partial charge is 0.381 e. The molecule has 7 nitrogen and oxygen atoms in total. The van der Waals surface area contributed by atoms with E-state index in [9.17, 15) is 4.79 Å². The summed E-state index contributed by atoms with van der Waals surface area (Å²) in [7, 11) is 0. The molecule has 0 spiro atoms. The Morgan fingerprint density at radius 2 is 2.15 bits per heavy atom. The second kappa shape index (κ2) is 7.97. The van der Waals surface area contributed by atoms with Crippen LogP contribution in [0, 0.1) is 5.92 Å². The number of hydrogen-bond donors (Lipinski definition) is 2. The van der Waals surface area contributed by atoms with Gasteiger partial charge in [0, 0.05) is 49.8 Å². The molecule has 2 N–H and O–H groups in total. The van der Waals surface area contributed by atoms with Gasteiger partial charge in [-0.2, -0.15) is 0 Å². The maximum Gasteiger partial charge on any atom is 0.251 e. The molecule has 2 fully saturated rings. The Morgan fingerprint density at radius 1 is 1.27 bits per heavy atom. The van der Waals surface area contributed by atoms with Crippen molar-refractivity contribution in [2.24, 2.45) is 5.92 Å².